The van der Waals surface area contributed by atoms with Crippen molar-refractivity contribution in [2.45, 2.75) is 6.42 Å². The monoisotopic (exact) mass is 249 g/mol. The van der Waals surface area contributed by atoms with E-state index in [4.69, 9.17) is 10.2 Å². The van der Waals surface area contributed by atoms with Gasteiger partial charge < -0.3 is 15.5 Å². The highest BCUT2D eigenvalue weighted by Gasteiger charge is 2.48. The van der Waals surface area contributed by atoms with Crippen molar-refractivity contribution in [3.05, 3.63) is 29.8 Å². The maximum absolute atomic E-state index is 11.7. The summed E-state index contributed by atoms with van der Waals surface area (Å²) in [5, 5.41) is 20.1. The summed E-state index contributed by atoms with van der Waals surface area (Å²) >= 11 is 0. The van der Waals surface area contributed by atoms with Crippen LogP contribution in [0.25, 0.3) is 0 Å². The van der Waals surface area contributed by atoms with Crippen molar-refractivity contribution in [2.75, 3.05) is 5.32 Å². The van der Waals surface area contributed by atoms with Crippen molar-refractivity contribution in [1.82, 2.24) is 0 Å². The zero-order chi connectivity index (χ0) is 13.3. The number of benzene rings is 1. The third-order valence-corrected chi connectivity index (χ3v) is 2.86. The Bertz CT molecular complexity index is 525. The first-order valence-corrected chi connectivity index (χ1v) is 5.36. The molecule has 0 spiro atoms. The highest BCUT2D eigenvalue weighted by Crippen LogP contribution is 2.39. The second-order valence-corrected chi connectivity index (χ2v) is 4.13. The van der Waals surface area contributed by atoms with Crippen LogP contribution in [0.2, 0.25) is 0 Å². The molecule has 1 aliphatic carbocycles. The fraction of sp³-hybridized carbons (Fsp3) is 0.250. The Morgan fingerprint density at radius 2 is 1.78 bits per heavy atom. The molecular formula is C12H11NO5. The summed E-state index contributed by atoms with van der Waals surface area (Å²) in [5.41, 5.74) is 0.171. The van der Waals surface area contributed by atoms with Crippen LogP contribution in [-0.4, -0.2) is 28.1 Å². The van der Waals surface area contributed by atoms with E-state index in [0.717, 1.165) is 0 Å². The number of anilines is 1. The van der Waals surface area contributed by atoms with Gasteiger partial charge in [0.2, 0.25) is 5.91 Å². The lowest BCUT2D eigenvalue weighted by Crippen LogP contribution is -2.18. The second-order valence-electron chi connectivity index (χ2n) is 4.13. The van der Waals surface area contributed by atoms with Gasteiger partial charge in [-0.1, -0.05) is 12.1 Å². The summed E-state index contributed by atoms with van der Waals surface area (Å²) in [5.74, 6) is -3.81. The van der Waals surface area contributed by atoms with Gasteiger partial charge in [0.25, 0.3) is 0 Å². The number of hydrogen-bond donors (Lipinski definition) is 3. The lowest BCUT2D eigenvalue weighted by molar-refractivity contribution is -0.139. The third-order valence-electron chi connectivity index (χ3n) is 2.86. The van der Waals surface area contributed by atoms with Crippen molar-refractivity contribution in [1.29, 1.82) is 0 Å². The van der Waals surface area contributed by atoms with Crippen LogP contribution in [0.3, 0.4) is 0 Å². The summed E-state index contributed by atoms with van der Waals surface area (Å²) in [6.07, 6.45) is 0.302. The molecule has 0 bridgehead atoms. The van der Waals surface area contributed by atoms with E-state index in [9.17, 15) is 14.4 Å². The van der Waals surface area contributed by atoms with Gasteiger partial charge in [-0.15, -0.1) is 0 Å². The van der Waals surface area contributed by atoms with Gasteiger partial charge in [-0.2, -0.15) is 0 Å². The molecule has 1 amide bonds. The number of aromatic carboxylic acids is 1. The van der Waals surface area contributed by atoms with Crippen LogP contribution < -0.4 is 5.32 Å². The van der Waals surface area contributed by atoms with Crippen molar-refractivity contribution in [3.8, 4) is 0 Å². The number of carboxylic acids is 2. The molecule has 2 atom stereocenters. The molecule has 6 heteroatoms. The van der Waals surface area contributed by atoms with E-state index in [1.165, 1.54) is 12.1 Å². The summed E-state index contributed by atoms with van der Waals surface area (Å²) in [6, 6.07) is 6.00. The molecule has 18 heavy (non-hydrogen) atoms. The highest BCUT2D eigenvalue weighted by atomic mass is 16.4. The number of carbonyl (C=O) groups is 3. The van der Waals surface area contributed by atoms with Crippen LogP contribution in [0.4, 0.5) is 5.69 Å². The number of hydrogen-bond acceptors (Lipinski definition) is 3. The van der Waals surface area contributed by atoms with Crippen LogP contribution in [0, 0.1) is 11.8 Å². The molecule has 2 rings (SSSR count). The molecule has 1 aliphatic rings. The van der Waals surface area contributed by atoms with Crippen LogP contribution in [0.15, 0.2) is 24.3 Å². The SMILES string of the molecule is O=C(O)c1ccccc1NC(=O)[C@H]1C[C@H]1C(=O)O. The van der Waals surface area contributed by atoms with Crippen LogP contribution in [0.5, 0.6) is 0 Å². The summed E-state index contributed by atoms with van der Waals surface area (Å²) in [6.45, 7) is 0. The largest absolute Gasteiger partial charge is 0.481 e. The van der Waals surface area contributed by atoms with Gasteiger partial charge in [0.1, 0.15) is 0 Å². The number of para-hydroxylation sites is 1. The predicted octanol–water partition coefficient (Wildman–Crippen LogP) is 1.04. The Balaban J connectivity index is 2.09. The minimum absolute atomic E-state index is 0.0154. The molecule has 0 unspecified atom stereocenters. The molecule has 0 saturated heterocycles. The molecule has 1 aromatic rings. The molecule has 1 aromatic carbocycles. The fourth-order valence-corrected chi connectivity index (χ4v) is 1.76. The Kier molecular flexibility index (Phi) is 3.01. The normalized spacial score (nSPS) is 21.1. The molecule has 94 valence electrons. The molecular weight excluding hydrogens is 238 g/mol. The summed E-state index contributed by atoms with van der Waals surface area (Å²) in [4.78, 5) is 33.2. The minimum atomic E-state index is -1.14. The van der Waals surface area contributed by atoms with Gasteiger partial charge in [0.15, 0.2) is 0 Å². The van der Waals surface area contributed by atoms with Gasteiger partial charge in [-0.05, 0) is 18.6 Å². The maximum Gasteiger partial charge on any atom is 0.337 e. The van der Waals surface area contributed by atoms with E-state index in [-0.39, 0.29) is 11.3 Å². The zero-order valence-electron chi connectivity index (χ0n) is 9.29. The van der Waals surface area contributed by atoms with Crippen molar-refractivity contribution in [2.24, 2.45) is 11.8 Å². The molecule has 3 N–H and O–H groups in total. The van der Waals surface area contributed by atoms with E-state index >= 15 is 0 Å². The lowest BCUT2D eigenvalue weighted by Gasteiger charge is -2.07. The maximum atomic E-state index is 11.7. The number of aliphatic carboxylic acids is 1. The van der Waals surface area contributed by atoms with Crippen molar-refractivity contribution < 1.29 is 24.6 Å². The molecule has 1 fully saturated rings. The first kappa shape index (κ1) is 12.1. The quantitative estimate of drug-likeness (QED) is 0.739. The second kappa shape index (κ2) is 4.48. The van der Waals surface area contributed by atoms with Gasteiger partial charge in [0.05, 0.1) is 23.1 Å². The number of carbonyl (C=O) groups excluding carboxylic acids is 1. The number of rotatable bonds is 4. The van der Waals surface area contributed by atoms with E-state index in [1.54, 1.807) is 12.1 Å². The first-order valence-electron chi connectivity index (χ1n) is 5.36. The van der Waals surface area contributed by atoms with Crippen molar-refractivity contribution in [3.63, 3.8) is 0 Å². The fourth-order valence-electron chi connectivity index (χ4n) is 1.76. The Hall–Kier alpha value is -2.37. The van der Waals surface area contributed by atoms with Gasteiger partial charge in [-0.3, -0.25) is 9.59 Å². The first-order chi connectivity index (χ1) is 8.50. The van der Waals surface area contributed by atoms with Gasteiger partial charge >= 0.3 is 11.9 Å². The van der Waals surface area contributed by atoms with E-state index < -0.39 is 29.7 Å². The Morgan fingerprint density at radius 1 is 1.11 bits per heavy atom. The van der Waals surface area contributed by atoms with Crippen LogP contribution in [0.1, 0.15) is 16.8 Å². The molecule has 0 heterocycles. The highest BCUT2D eigenvalue weighted by molar-refractivity contribution is 6.03. The minimum Gasteiger partial charge on any atom is -0.481 e. The molecule has 0 aliphatic heterocycles. The average molecular weight is 249 g/mol. The number of amides is 1. The molecule has 1 saturated carbocycles. The summed E-state index contributed by atoms with van der Waals surface area (Å²) < 4.78 is 0. The third kappa shape index (κ3) is 2.32. The Labute approximate surface area is 102 Å². The molecule has 6 nitrogen and oxygen atoms in total. The topological polar surface area (TPSA) is 104 Å². The number of nitrogens with one attached hydrogen (secondary N) is 1. The molecule has 0 radical (unpaired) electrons. The molecule has 0 aromatic heterocycles. The standard InChI is InChI=1S/C12H11NO5/c14-10(7-5-8(7)12(17)18)13-9-4-2-1-3-6(9)11(15)16/h1-4,7-8H,5H2,(H,13,14)(H,15,16)(H,17,18)/t7-,8+/m0/s1. The van der Waals surface area contributed by atoms with Gasteiger partial charge in [-0.25, -0.2) is 4.79 Å². The van der Waals surface area contributed by atoms with Crippen LogP contribution >= 0.6 is 0 Å². The smallest absolute Gasteiger partial charge is 0.337 e. The van der Waals surface area contributed by atoms with Gasteiger partial charge in [0, 0.05) is 0 Å². The zero-order valence-corrected chi connectivity index (χ0v) is 9.29. The van der Waals surface area contributed by atoms with Crippen molar-refractivity contribution >= 4 is 23.5 Å². The van der Waals surface area contributed by atoms with Crippen LogP contribution in [-0.2, 0) is 9.59 Å². The van der Waals surface area contributed by atoms with E-state index in [0.29, 0.717) is 6.42 Å². The summed E-state index contributed by atoms with van der Waals surface area (Å²) in [7, 11) is 0. The lowest BCUT2D eigenvalue weighted by atomic mass is 10.1. The Morgan fingerprint density at radius 3 is 2.33 bits per heavy atom. The van der Waals surface area contributed by atoms with E-state index in [1.807, 2.05) is 0 Å². The average Bonchev–Trinajstić information content (AvgIpc) is 3.09. The number of carboxylic acid groups (broad SMARTS) is 2. The van der Waals surface area contributed by atoms with E-state index in [2.05, 4.69) is 5.32 Å². The predicted molar refractivity (Wildman–Crippen MR) is 61.3 cm³/mol.